The fraction of sp³-hybridized carbons (Fsp3) is 1.00. The zero-order valence-electron chi connectivity index (χ0n) is 9.16. The molecule has 1 N–H and O–H groups in total. The molecule has 1 atom stereocenters. The molecule has 0 amide bonds. The van der Waals surface area contributed by atoms with Crippen molar-refractivity contribution in [3.63, 3.8) is 0 Å². The minimum Gasteiger partial charge on any atom is -0.314 e. The van der Waals surface area contributed by atoms with Crippen molar-refractivity contribution in [2.75, 3.05) is 25.4 Å². The second-order valence-electron chi connectivity index (χ2n) is 4.33. The van der Waals surface area contributed by atoms with Gasteiger partial charge in [-0.25, -0.2) is 8.42 Å². The Bertz CT molecular complexity index is 275. The first-order valence-electron chi connectivity index (χ1n) is 5.13. The van der Waals surface area contributed by atoms with Gasteiger partial charge in [0.1, 0.15) is 0 Å². The maximum atomic E-state index is 11.8. The van der Waals surface area contributed by atoms with Crippen LogP contribution in [-0.4, -0.2) is 44.2 Å². The normalized spacial score (nSPS) is 29.0. The molecule has 84 valence electrons. The van der Waals surface area contributed by atoms with Crippen molar-refractivity contribution < 1.29 is 8.42 Å². The van der Waals surface area contributed by atoms with Gasteiger partial charge in [0.05, 0.1) is 5.75 Å². The second-order valence-corrected chi connectivity index (χ2v) is 6.37. The van der Waals surface area contributed by atoms with Crippen LogP contribution in [0.2, 0.25) is 0 Å². The molecule has 5 heteroatoms. The molecular weight excluding hydrogens is 200 g/mol. The fourth-order valence-electron chi connectivity index (χ4n) is 1.66. The summed E-state index contributed by atoms with van der Waals surface area (Å²) >= 11 is 0. The Kier molecular flexibility index (Phi) is 3.92. The molecule has 0 radical (unpaired) electrons. The lowest BCUT2D eigenvalue weighted by Crippen LogP contribution is -2.42. The van der Waals surface area contributed by atoms with Crippen LogP contribution < -0.4 is 5.32 Å². The van der Waals surface area contributed by atoms with Crippen molar-refractivity contribution in [1.82, 2.24) is 9.62 Å². The average molecular weight is 220 g/mol. The number of nitrogens with zero attached hydrogens (tertiary/aromatic N) is 1. The summed E-state index contributed by atoms with van der Waals surface area (Å²) < 4.78 is 25.3. The Hall–Kier alpha value is -0.130. The van der Waals surface area contributed by atoms with Crippen molar-refractivity contribution in [3.05, 3.63) is 0 Å². The minimum atomic E-state index is -3.03. The van der Waals surface area contributed by atoms with Crippen LogP contribution in [0.15, 0.2) is 0 Å². The van der Waals surface area contributed by atoms with Crippen molar-refractivity contribution in [2.45, 2.75) is 26.8 Å². The van der Waals surface area contributed by atoms with Crippen molar-refractivity contribution in [3.8, 4) is 0 Å². The number of rotatable bonds is 2. The van der Waals surface area contributed by atoms with E-state index in [9.17, 15) is 8.42 Å². The second kappa shape index (κ2) is 4.59. The first kappa shape index (κ1) is 11.9. The van der Waals surface area contributed by atoms with E-state index in [0.29, 0.717) is 19.0 Å². The molecule has 0 bridgehead atoms. The van der Waals surface area contributed by atoms with E-state index in [2.05, 4.69) is 5.32 Å². The molecule has 4 nitrogen and oxygen atoms in total. The molecule has 0 saturated carbocycles. The van der Waals surface area contributed by atoms with Gasteiger partial charge in [-0.05, 0) is 12.8 Å². The molecule has 0 aromatic rings. The summed E-state index contributed by atoms with van der Waals surface area (Å²) in [5.74, 6) is 0.606. The maximum absolute atomic E-state index is 11.8. The quantitative estimate of drug-likeness (QED) is 0.726. The topological polar surface area (TPSA) is 49.4 Å². The Morgan fingerprint density at radius 3 is 2.71 bits per heavy atom. The summed E-state index contributed by atoms with van der Waals surface area (Å²) in [5, 5.41) is 3.14. The van der Waals surface area contributed by atoms with Crippen LogP contribution in [0, 0.1) is 5.92 Å². The molecule has 0 aliphatic carbocycles. The van der Waals surface area contributed by atoms with Crippen LogP contribution in [0.5, 0.6) is 0 Å². The summed E-state index contributed by atoms with van der Waals surface area (Å²) in [6.07, 6.45) is 0. The lowest BCUT2D eigenvalue weighted by Gasteiger charge is -2.27. The largest absolute Gasteiger partial charge is 0.314 e. The molecule has 1 aliphatic heterocycles. The molecule has 1 heterocycles. The van der Waals surface area contributed by atoms with Crippen LogP contribution >= 0.6 is 0 Å². The van der Waals surface area contributed by atoms with Crippen LogP contribution in [0.1, 0.15) is 20.8 Å². The van der Waals surface area contributed by atoms with Gasteiger partial charge in [-0.1, -0.05) is 13.8 Å². The summed E-state index contributed by atoms with van der Waals surface area (Å²) in [5.41, 5.74) is 0. The van der Waals surface area contributed by atoms with Crippen LogP contribution in [0.3, 0.4) is 0 Å². The van der Waals surface area contributed by atoms with Gasteiger partial charge in [-0.3, -0.25) is 0 Å². The Morgan fingerprint density at radius 1 is 1.50 bits per heavy atom. The molecule has 1 rings (SSSR count). The molecule has 1 unspecified atom stereocenters. The number of hydrogen-bond donors (Lipinski definition) is 1. The standard InChI is InChI=1S/C9H20N2O2S/c1-8(2)7-11-9(3)6-10-4-5-14(11,12)13/h8-10H,4-7H2,1-3H3. The lowest BCUT2D eigenvalue weighted by molar-refractivity contribution is 0.306. The molecule has 0 aromatic carbocycles. The van der Waals surface area contributed by atoms with E-state index in [-0.39, 0.29) is 11.8 Å². The molecule has 1 aliphatic rings. The predicted octanol–water partition coefficient (Wildman–Crippen LogP) is 0.266. The summed E-state index contributed by atoms with van der Waals surface area (Å²) in [7, 11) is -3.03. The van der Waals surface area contributed by atoms with Crippen molar-refractivity contribution in [1.29, 1.82) is 0 Å². The number of nitrogens with one attached hydrogen (secondary N) is 1. The lowest BCUT2D eigenvalue weighted by atomic mass is 10.2. The van der Waals surface area contributed by atoms with Gasteiger partial charge in [0, 0.05) is 25.7 Å². The first-order valence-corrected chi connectivity index (χ1v) is 6.74. The Balaban J connectivity index is 2.82. The van der Waals surface area contributed by atoms with Gasteiger partial charge in [0.2, 0.25) is 10.0 Å². The van der Waals surface area contributed by atoms with E-state index in [0.717, 1.165) is 6.54 Å². The highest BCUT2D eigenvalue weighted by Gasteiger charge is 2.29. The third-order valence-corrected chi connectivity index (χ3v) is 4.31. The minimum absolute atomic E-state index is 0.0740. The molecule has 1 saturated heterocycles. The van der Waals surface area contributed by atoms with Crippen LogP contribution in [0.4, 0.5) is 0 Å². The zero-order valence-corrected chi connectivity index (χ0v) is 9.97. The van der Waals surface area contributed by atoms with Crippen molar-refractivity contribution >= 4 is 10.0 Å². The Morgan fingerprint density at radius 2 is 2.14 bits per heavy atom. The molecule has 14 heavy (non-hydrogen) atoms. The van der Waals surface area contributed by atoms with E-state index in [1.807, 2.05) is 20.8 Å². The molecule has 0 spiro atoms. The van der Waals surface area contributed by atoms with Gasteiger partial charge < -0.3 is 5.32 Å². The van der Waals surface area contributed by atoms with E-state index in [1.54, 1.807) is 4.31 Å². The zero-order chi connectivity index (χ0) is 10.8. The van der Waals surface area contributed by atoms with Gasteiger partial charge in [-0.15, -0.1) is 0 Å². The van der Waals surface area contributed by atoms with Gasteiger partial charge in [0.15, 0.2) is 0 Å². The molecule has 1 fully saturated rings. The highest BCUT2D eigenvalue weighted by molar-refractivity contribution is 7.89. The molecular formula is C9H20N2O2S. The fourth-order valence-corrected chi connectivity index (χ4v) is 3.44. The highest BCUT2D eigenvalue weighted by Crippen LogP contribution is 2.12. The third-order valence-electron chi connectivity index (χ3n) is 2.37. The van der Waals surface area contributed by atoms with E-state index in [4.69, 9.17) is 0 Å². The molecule has 0 aromatic heterocycles. The highest BCUT2D eigenvalue weighted by atomic mass is 32.2. The SMILES string of the molecule is CC(C)CN1C(C)CNCCS1(=O)=O. The summed E-state index contributed by atoms with van der Waals surface area (Å²) in [6, 6.07) is 0.0740. The van der Waals surface area contributed by atoms with E-state index >= 15 is 0 Å². The van der Waals surface area contributed by atoms with Crippen LogP contribution in [0.25, 0.3) is 0 Å². The monoisotopic (exact) mass is 220 g/mol. The summed E-state index contributed by atoms with van der Waals surface area (Å²) in [6.45, 7) is 8.00. The summed E-state index contributed by atoms with van der Waals surface area (Å²) in [4.78, 5) is 0. The Labute approximate surface area is 86.7 Å². The first-order chi connectivity index (χ1) is 6.43. The number of hydrogen-bond acceptors (Lipinski definition) is 3. The van der Waals surface area contributed by atoms with E-state index < -0.39 is 10.0 Å². The van der Waals surface area contributed by atoms with Gasteiger partial charge in [0.25, 0.3) is 0 Å². The van der Waals surface area contributed by atoms with Gasteiger partial charge >= 0.3 is 0 Å². The average Bonchev–Trinajstić information content (AvgIpc) is 2.16. The number of sulfonamides is 1. The maximum Gasteiger partial charge on any atom is 0.215 e. The van der Waals surface area contributed by atoms with E-state index in [1.165, 1.54) is 0 Å². The van der Waals surface area contributed by atoms with Crippen molar-refractivity contribution in [2.24, 2.45) is 5.92 Å². The van der Waals surface area contributed by atoms with Crippen LogP contribution in [-0.2, 0) is 10.0 Å². The smallest absolute Gasteiger partial charge is 0.215 e. The third kappa shape index (κ3) is 2.93. The van der Waals surface area contributed by atoms with Gasteiger partial charge in [-0.2, -0.15) is 4.31 Å². The predicted molar refractivity (Wildman–Crippen MR) is 57.7 cm³/mol.